The topological polar surface area (TPSA) is 12.9 Å². The third kappa shape index (κ3) is 3.72. The van der Waals surface area contributed by atoms with E-state index in [0.717, 1.165) is 0 Å². The maximum absolute atomic E-state index is 13.0. The van der Waals surface area contributed by atoms with Crippen LogP contribution in [0, 0.1) is 11.8 Å². The Morgan fingerprint density at radius 2 is 1.81 bits per heavy atom. The maximum atomic E-state index is 13.0. The fourth-order valence-electron chi connectivity index (χ4n) is 3.27. The molecule has 1 aromatic rings. The molecule has 0 aromatic carbocycles. The van der Waals surface area contributed by atoms with Gasteiger partial charge in [0, 0.05) is 11.9 Å². The monoisotopic (exact) mass is 325 g/mol. The first-order valence-electron chi connectivity index (χ1n) is 6.64. The number of halogens is 6. The molecule has 3 atom stereocenters. The fourth-order valence-corrected chi connectivity index (χ4v) is 7.30. The number of aromatic nitrogens is 1. The molecular weight excluding hydrogens is 311 g/mol. The maximum Gasteiger partial charge on any atom is 0.391 e. The molecule has 2 heterocycles. The van der Waals surface area contributed by atoms with E-state index in [2.05, 4.69) is 4.98 Å². The molecule has 21 heavy (non-hydrogen) atoms. The number of nitrogens with zero attached hydrogens (tertiary/aromatic N) is 1. The summed E-state index contributed by atoms with van der Waals surface area (Å²) >= 11 is -2.22. The molecule has 116 valence electrons. The fraction of sp³-hybridized carbons (Fsp3) is 0.615. The standard InChI is InChI=1S/C7H8F6.C6H6N.Al/c1-3-5(7(11,12)13)4(2)6(8,9)10;1-6-4-2-3-5-7-6;/h3-5H,2H2,1H3;2-5H,1H2;. The lowest BCUT2D eigenvalue weighted by Gasteiger charge is -2.28. The van der Waals surface area contributed by atoms with Gasteiger partial charge in [-0.25, -0.2) is 0 Å². The summed E-state index contributed by atoms with van der Waals surface area (Å²) < 4.78 is 76.9. The van der Waals surface area contributed by atoms with E-state index < -0.39 is 43.1 Å². The molecule has 0 spiro atoms. The smallest absolute Gasteiger partial charge is 0.263 e. The molecule has 2 rings (SSSR count). The molecule has 1 aliphatic rings. The van der Waals surface area contributed by atoms with E-state index in [1.165, 1.54) is 13.1 Å². The van der Waals surface area contributed by atoms with Crippen molar-refractivity contribution in [2.75, 3.05) is 0 Å². The summed E-state index contributed by atoms with van der Waals surface area (Å²) in [6, 6.07) is 5.02. The van der Waals surface area contributed by atoms with Gasteiger partial charge < -0.3 is 0 Å². The number of alkyl halides is 6. The van der Waals surface area contributed by atoms with E-state index in [1.54, 1.807) is 18.2 Å². The molecule has 1 aromatic heterocycles. The highest BCUT2D eigenvalue weighted by Crippen LogP contribution is 2.55. The number of hydrogen-bond acceptors (Lipinski definition) is 1. The van der Waals surface area contributed by atoms with Crippen LogP contribution < -0.4 is 0 Å². The summed E-state index contributed by atoms with van der Waals surface area (Å²) in [5.74, 6) is -4.52. The quantitative estimate of drug-likeness (QED) is 0.579. The zero-order valence-corrected chi connectivity index (χ0v) is 12.4. The molecule has 0 N–H and O–H groups in total. The molecule has 1 fully saturated rings. The van der Waals surface area contributed by atoms with Crippen molar-refractivity contribution in [2.24, 2.45) is 11.8 Å². The van der Waals surface area contributed by atoms with Gasteiger partial charge in [0.05, 0.1) is 11.8 Å². The summed E-state index contributed by atoms with van der Waals surface area (Å²) in [6.45, 7) is 1.32. The normalized spacial score (nSPS) is 27.2. The van der Waals surface area contributed by atoms with Crippen LogP contribution in [0.15, 0.2) is 24.4 Å². The summed E-state index contributed by atoms with van der Waals surface area (Å²) in [5.41, 5.74) is 0.588. The second-order valence-electron chi connectivity index (χ2n) is 5.60. The van der Waals surface area contributed by atoms with Gasteiger partial charge in [-0.2, -0.15) is 26.3 Å². The number of pyridine rings is 1. The molecule has 1 nitrogen and oxygen atoms in total. The Morgan fingerprint density at radius 1 is 1.14 bits per heavy atom. The number of hydrogen-bond donors (Lipinski definition) is 0. The first-order valence-corrected chi connectivity index (χ1v) is 8.94. The third-order valence-electron chi connectivity index (χ3n) is 4.30. The van der Waals surface area contributed by atoms with Crippen molar-refractivity contribution in [3.8, 4) is 0 Å². The second kappa shape index (κ2) is 5.81. The minimum absolute atomic E-state index is 0.279. The van der Waals surface area contributed by atoms with E-state index in [-0.39, 0.29) is 10.6 Å². The predicted octanol–water partition coefficient (Wildman–Crippen LogP) is 4.42. The summed E-state index contributed by atoms with van der Waals surface area (Å²) in [6.07, 6.45) is -8.09. The molecule has 0 bridgehead atoms. The number of rotatable bonds is 2. The average Bonchev–Trinajstić information content (AvgIpc) is 2.68. The van der Waals surface area contributed by atoms with E-state index in [0.29, 0.717) is 5.69 Å². The Balaban J connectivity index is 2.23. The van der Waals surface area contributed by atoms with Crippen LogP contribution in [-0.4, -0.2) is 31.5 Å². The van der Waals surface area contributed by atoms with Crippen LogP contribution in [0.3, 0.4) is 0 Å². The Labute approximate surface area is 122 Å². The third-order valence-corrected chi connectivity index (χ3v) is 8.25. The summed E-state index contributed by atoms with van der Waals surface area (Å²) in [7, 11) is 0. The molecule has 3 unspecified atom stereocenters. The SMILES string of the molecule is C[CH]1C(C(F)(F)F)C(C(F)(F)F)[CH2][Al]1[CH2]c1ccccn1. The van der Waals surface area contributed by atoms with E-state index in [1.807, 2.05) is 0 Å². The van der Waals surface area contributed by atoms with Crippen molar-refractivity contribution in [1.29, 1.82) is 0 Å². The molecule has 1 aliphatic heterocycles. The lowest BCUT2D eigenvalue weighted by atomic mass is 9.90. The highest BCUT2D eigenvalue weighted by Gasteiger charge is 2.63. The summed E-state index contributed by atoms with van der Waals surface area (Å²) in [5, 5.41) is -0.0768. The van der Waals surface area contributed by atoms with Gasteiger partial charge in [-0.1, -0.05) is 28.3 Å². The Hall–Kier alpha value is -0.738. The molecule has 0 radical (unpaired) electrons. The molecule has 0 amide bonds. The van der Waals surface area contributed by atoms with Gasteiger partial charge in [0.2, 0.25) is 0 Å². The van der Waals surface area contributed by atoms with Gasteiger partial charge in [-0.15, -0.1) is 0 Å². The molecule has 8 heteroatoms. The first kappa shape index (κ1) is 16.6. The van der Waals surface area contributed by atoms with Crippen molar-refractivity contribution < 1.29 is 26.3 Å². The van der Waals surface area contributed by atoms with Crippen LogP contribution in [0.5, 0.6) is 0 Å². The van der Waals surface area contributed by atoms with Crippen LogP contribution in [0.1, 0.15) is 12.6 Å². The van der Waals surface area contributed by atoms with E-state index in [9.17, 15) is 26.3 Å². The van der Waals surface area contributed by atoms with Gasteiger partial charge in [0.15, 0.2) is 0 Å². The van der Waals surface area contributed by atoms with Crippen molar-refractivity contribution in [2.45, 2.75) is 34.6 Å². The van der Waals surface area contributed by atoms with Crippen LogP contribution in [-0.2, 0) is 5.28 Å². The van der Waals surface area contributed by atoms with Crippen molar-refractivity contribution in [3.63, 3.8) is 0 Å². The zero-order chi connectivity index (χ0) is 15.8. The van der Waals surface area contributed by atoms with Crippen LogP contribution in [0.2, 0.25) is 10.1 Å². The van der Waals surface area contributed by atoms with Gasteiger partial charge in [0.25, 0.3) is 14.1 Å². The van der Waals surface area contributed by atoms with Gasteiger partial charge in [-0.05, 0) is 12.1 Å². The lowest BCUT2D eigenvalue weighted by Crippen LogP contribution is -2.36. The van der Waals surface area contributed by atoms with Crippen molar-refractivity contribution >= 4 is 14.1 Å². The zero-order valence-electron chi connectivity index (χ0n) is 11.2. The molecule has 1 saturated heterocycles. The second-order valence-corrected chi connectivity index (χ2v) is 9.05. The Kier molecular flexibility index (Phi) is 4.60. The van der Waals surface area contributed by atoms with E-state index in [4.69, 9.17) is 0 Å². The lowest BCUT2D eigenvalue weighted by molar-refractivity contribution is -0.245. The van der Waals surface area contributed by atoms with Gasteiger partial charge >= 0.3 is 12.4 Å². The van der Waals surface area contributed by atoms with Crippen LogP contribution in [0.4, 0.5) is 26.3 Å². The molecule has 0 aliphatic carbocycles. The van der Waals surface area contributed by atoms with Crippen LogP contribution in [0.25, 0.3) is 0 Å². The predicted molar refractivity (Wildman–Crippen MR) is 67.0 cm³/mol. The average molecular weight is 325 g/mol. The van der Waals surface area contributed by atoms with Crippen molar-refractivity contribution in [1.82, 2.24) is 4.98 Å². The molecular formula is C13H14AlF6N. The summed E-state index contributed by atoms with van der Waals surface area (Å²) in [4.78, 5) is 4.02. The van der Waals surface area contributed by atoms with Crippen molar-refractivity contribution in [3.05, 3.63) is 30.1 Å². The van der Waals surface area contributed by atoms with E-state index >= 15 is 0 Å². The van der Waals surface area contributed by atoms with Gasteiger partial charge in [-0.3, -0.25) is 4.98 Å². The Bertz CT molecular complexity index is 472. The minimum Gasteiger partial charge on any atom is -0.263 e. The largest absolute Gasteiger partial charge is 0.391 e. The van der Waals surface area contributed by atoms with Gasteiger partial charge in [0.1, 0.15) is 0 Å². The van der Waals surface area contributed by atoms with Crippen LogP contribution >= 0.6 is 0 Å². The minimum atomic E-state index is -4.80. The highest BCUT2D eigenvalue weighted by atomic mass is 27.2. The highest BCUT2D eigenvalue weighted by molar-refractivity contribution is 6.61. The first-order chi connectivity index (χ1) is 9.60. The Morgan fingerprint density at radius 3 is 2.24 bits per heavy atom. The molecule has 0 saturated carbocycles.